The number of hydrogen-bond acceptors (Lipinski definition) is 5. The summed E-state index contributed by atoms with van der Waals surface area (Å²) < 4.78 is 11.2. The molecule has 0 aliphatic heterocycles. The summed E-state index contributed by atoms with van der Waals surface area (Å²) in [6.45, 7) is 4.37. The average molecular weight is 264 g/mol. The van der Waals surface area contributed by atoms with Gasteiger partial charge in [0.25, 0.3) is 5.56 Å². The Morgan fingerprint density at radius 3 is 2.79 bits per heavy atom. The smallest absolute Gasteiger partial charge is 0.326 e. The Morgan fingerprint density at radius 2 is 2.16 bits per heavy atom. The van der Waals surface area contributed by atoms with Gasteiger partial charge in [-0.1, -0.05) is 0 Å². The number of ether oxygens (including phenoxy) is 2. The van der Waals surface area contributed by atoms with Crippen LogP contribution in [0.15, 0.2) is 16.9 Å². The second-order valence-electron chi connectivity index (χ2n) is 3.81. The van der Waals surface area contributed by atoms with Gasteiger partial charge < -0.3 is 14.0 Å². The van der Waals surface area contributed by atoms with E-state index in [0.29, 0.717) is 18.9 Å². The number of hydrogen-bond donors (Lipinski definition) is 0. The predicted molar refractivity (Wildman–Crippen MR) is 67.6 cm³/mol. The van der Waals surface area contributed by atoms with Gasteiger partial charge in [-0.05, 0) is 26.0 Å². The second-order valence-corrected chi connectivity index (χ2v) is 3.81. The van der Waals surface area contributed by atoms with E-state index in [-0.39, 0.29) is 18.7 Å². The fourth-order valence-electron chi connectivity index (χ4n) is 1.49. The van der Waals surface area contributed by atoms with Gasteiger partial charge in [0.15, 0.2) is 0 Å². The van der Waals surface area contributed by atoms with E-state index in [1.165, 1.54) is 10.6 Å². The van der Waals surface area contributed by atoms with Crippen LogP contribution in [0.3, 0.4) is 0 Å². The van der Waals surface area contributed by atoms with Crippen molar-refractivity contribution in [1.82, 2.24) is 4.57 Å². The normalized spacial score (nSPS) is 9.95. The summed E-state index contributed by atoms with van der Waals surface area (Å²) in [5.41, 5.74) is 0.128. The third-order valence-electron chi connectivity index (χ3n) is 2.50. The van der Waals surface area contributed by atoms with Gasteiger partial charge in [-0.25, -0.2) is 0 Å². The van der Waals surface area contributed by atoms with Crippen molar-refractivity contribution in [3.8, 4) is 6.07 Å². The van der Waals surface area contributed by atoms with Crippen LogP contribution in [-0.4, -0.2) is 30.4 Å². The van der Waals surface area contributed by atoms with Crippen LogP contribution in [0.2, 0.25) is 0 Å². The first-order valence-electron chi connectivity index (χ1n) is 5.94. The lowest BCUT2D eigenvalue weighted by Gasteiger charge is -2.10. The molecule has 0 aliphatic carbocycles. The van der Waals surface area contributed by atoms with Gasteiger partial charge in [0.05, 0.1) is 6.61 Å². The molecule has 0 aliphatic rings. The van der Waals surface area contributed by atoms with E-state index < -0.39 is 11.5 Å². The largest absolute Gasteiger partial charge is 0.462 e. The Hall–Kier alpha value is -2.13. The van der Waals surface area contributed by atoms with E-state index in [2.05, 4.69) is 0 Å². The highest BCUT2D eigenvalue weighted by Gasteiger charge is 2.10. The minimum atomic E-state index is -0.528. The summed E-state index contributed by atoms with van der Waals surface area (Å²) in [5.74, 6) is -0.528. The molecule has 0 fully saturated rings. The van der Waals surface area contributed by atoms with Gasteiger partial charge in [-0.2, -0.15) is 5.26 Å². The van der Waals surface area contributed by atoms with Crippen LogP contribution in [0.4, 0.5) is 0 Å². The molecule has 19 heavy (non-hydrogen) atoms. The van der Waals surface area contributed by atoms with Gasteiger partial charge in [0.1, 0.15) is 24.8 Å². The van der Waals surface area contributed by atoms with Gasteiger partial charge in [0, 0.05) is 12.3 Å². The standard InChI is InChI=1S/C13H16N2O4/c1-3-18-6-7-19-12(16)9-15-10(2)4-5-11(8-14)13(15)17/h4-5H,3,6-7,9H2,1-2H3. The highest BCUT2D eigenvalue weighted by Crippen LogP contribution is 1.98. The maximum absolute atomic E-state index is 11.8. The van der Waals surface area contributed by atoms with Crippen LogP contribution in [-0.2, 0) is 20.8 Å². The summed E-state index contributed by atoms with van der Waals surface area (Å²) in [6.07, 6.45) is 0. The van der Waals surface area contributed by atoms with Crippen molar-refractivity contribution in [2.24, 2.45) is 0 Å². The van der Waals surface area contributed by atoms with E-state index in [0.717, 1.165) is 0 Å². The van der Waals surface area contributed by atoms with Gasteiger partial charge >= 0.3 is 5.97 Å². The molecule has 0 saturated heterocycles. The molecule has 0 bridgehead atoms. The number of carbonyl (C=O) groups excluding carboxylic acids is 1. The van der Waals surface area contributed by atoms with E-state index in [1.54, 1.807) is 19.1 Å². The Morgan fingerprint density at radius 1 is 1.42 bits per heavy atom. The van der Waals surface area contributed by atoms with E-state index in [4.69, 9.17) is 14.7 Å². The Balaban J connectivity index is 2.70. The maximum Gasteiger partial charge on any atom is 0.326 e. The monoisotopic (exact) mass is 264 g/mol. The summed E-state index contributed by atoms with van der Waals surface area (Å²) in [6, 6.07) is 4.85. The van der Waals surface area contributed by atoms with Crippen molar-refractivity contribution in [2.45, 2.75) is 20.4 Å². The number of carbonyl (C=O) groups is 1. The number of aromatic nitrogens is 1. The van der Waals surface area contributed by atoms with Crippen LogP contribution < -0.4 is 5.56 Å². The number of aryl methyl sites for hydroxylation is 1. The average Bonchev–Trinajstić information content (AvgIpc) is 2.40. The topological polar surface area (TPSA) is 81.3 Å². The molecule has 0 N–H and O–H groups in total. The first-order valence-corrected chi connectivity index (χ1v) is 5.94. The number of nitriles is 1. The van der Waals surface area contributed by atoms with E-state index >= 15 is 0 Å². The number of esters is 1. The highest BCUT2D eigenvalue weighted by atomic mass is 16.6. The molecular formula is C13H16N2O4. The molecule has 0 spiro atoms. The highest BCUT2D eigenvalue weighted by molar-refractivity contribution is 5.69. The fraction of sp³-hybridized carbons (Fsp3) is 0.462. The minimum Gasteiger partial charge on any atom is -0.462 e. The Labute approximate surface area is 111 Å². The molecule has 1 heterocycles. The lowest BCUT2D eigenvalue weighted by atomic mass is 10.2. The number of rotatable bonds is 6. The molecule has 0 radical (unpaired) electrons. The minimum absolute atomic E-state index is 0.00714. The van der Waals surface area contributed by atoms with Crippen molar-refractivity contribution in [2.75, 3.05) is 19.8 Å². The summed E-state index contributed by atoms with van der Waals surface area (Å²) in [4.78, 5) is 23.4. The molecule has 0 unspecified atom stereocenters. The Bertz CT molecular complexity index is 543. The van der Waals surface area contributed by atoms with E-state index in [1.807, 2.05) is 6.92 Å². The van der Waals surface area contributed by atoms with Gasteiger partial charge in [-0.15, -0.1) is 0 Å². The van der Waals surface area contributed by atoms with Crippen molar-refractivity contribution < 1.29 is 14.3 Å². The molecule has 1 aromatic rings. The molecular weight excluding hydrogens is 248 g/mol. The molecule has 0 amide bonds. The first kappa shape index (κ1) is 14.9. The second kappa shape index (κ2) is 7.34. The molecule has 0 saturated carbocycles. The molecule has 6 heteroatoms. The zero-order valence-corrected chi connectivity index (χ0v) is 11.0. The van der Waals surface area contributed by atoms with Crippen LogP contribution >= 0.6 is 0 Å². The van der Waals surface area contributed by atoms with Crippen molar-refractivity contribution in [3.05, 3.63) is 33.7 Å². The lowest BCUT2D eigenvalue weighted by molar-refractivity contribution is -0.145. The van der Waals surface area contributed by atoms with Crippen LogP contribution in [0.5, 0.6) is 0 Å². The summed E-state index contributed by atoms with van der Waals surface area (Å²) in [7, 11) is 0. The lowest BCUT2D eigenvalue weighted by Crippen LogP contribution is -2.29. The molecule has 1 aromatic heterocycles. The van der Waals surface area contributed by atoms with Crippen LogP contribution in [0, 0.1) is 18.3 Å². The molecule has 0 atom stereocenters. The molecule has 102 valence electrons. The quantitative estimate of drug-likeness (QED) is 0.555. The fourth-order valence-corrected chi connectivity index (χ4v) is 1.49. The van der Waals surface area contributed by atoms with Gasteiger partial charge in [-0.3, -0.25) is 9.59 Å². The first-order chi connectivity index (χ1) is 9.10. The van der Waals surface area contributed by atoms with Crippen molar-refractivity contribution in [3.63, 3.8) is 0 Å². The van der Waals surface area contributed by atoms with Crippen LogP contribution in [0.25, 0.3) is 0 Å². The SMILES string of the molecule is CCOCCOC(=O)Cn1c(C)ccc(C#N)c1=O. The van der Waals surface area contributed by atoms with Crippen molar-refractivity contribution >= 4 is 5.97 Å². The maximum atomic E-state index is 11.8. The number of nitrogens with zero attached hydrogens (tertiary/aromatic N) is 2. The predicted octanol–water partition coefficient (Wildman–Crippen LogP) is 0.608. The summed E-state index contributed by atoms with van der Waals surface area (Å²) in [5, 5.41) is 8.77. The summed E-state index contributed by atoms with van der Waals surface area (Å²) >= 11 is 0. The van der Waals surface area contributed by atoms with E-state index in [9.17, 15) is 9.59 Å². The van der Waals surface area contributed by atoms with Crippen LogP contribution in [0.1, 0.15) is 18.2 Å². The molecule has 0 aromatic carbocycles. The third-order valence-corrected chi connectivity index (χ3v) is 2.50. The third kappa shape index (κ3) is 4.23. The molecule has 1 rings (SSSR count). The zero-order chi connectivity index (χ0) is 14.3. The van der Waals surface area contributed by atoms with Gasteiger partial charge in [0.2, 0.25) is 0 Å². The number of pyridine rings is 1. The zero-order valence-electron chi connectivity index (χ0n) is 11.0. The van der Waals surface area contributed by atoms with Crippen molar-refractivity contribution in [1.29, 1.82) is 5.26 Å². The molecule has 6 nitrogen and oxygen atoms in total. The Kier molecular flexibility index (Phi) is 5.76.